The van der Waals surface area contributed by atoms with Crippen LogP contribution in [0, 0.1) is 0 Å². The van der Waals surface area contributed by atoms with Crippen LogP contribution in [0.2, 0.25) is 10.0 Å². The molecule has 1 N–H and O–H groups in total. The van der Waals surface area contributed by atoms with Crippen molar-refractivity contribution in [2.45, 2.75) is 77.4 Å². The van der Waals surface area contributed by atoms with Gasteiger partial charge in [-0.15, -0.1) is 0 Å². The van der Waals surface area contributed by atoms with Gasteiger partial charge < -0.3 is 10.2 Å². The van der Waals surface area contributed by atoms with Crippen molar-refractivity contribution in [2.24, 2.45) is 0 Å². The van der Waals surface area contributed by atoms with Gasteiger partial charge in [0, 0.05) is 28.2 Å². The van der Waals surface area contributed by atoms with Gasteiger partial charge in [-0.05, 0) is 55.5 Å². The van der Waals surface area contributed by atoms with Crippen molar-refractivity contribution >= 4 is 50.7 Å². The van der Waals surface area contributed by atoms with Crippen LogP contribution in [0.15, 0.2) is 42.5 Å². The van der Waals surface area contributed by atoms with Crippen LogP contribution >= 0.6 is 23.2 Å². The number of rotatable bonds is 11. The standard InChI is InChI=1S/C28H37Cl2N3O4S/c1-4-20-14-16-22(17-15-20)33(38(3,36)37)19-27(34)32(18-23-24(29)12-9-13-25(23)30)26(5-2)28(35)31-21-10-7-6-8-11-21/h9,12-17,21,26H,4-8,10-11,18-19H2,1-3H3,(H,31,35). The predicted molar refractivity (Wildman–Crippen MR) is 154 cm³/mol. The highest BCUT2D eigenvalue weighted by atomic mass is 35.5. The van der Waals surface area contributed by atoms with Gasteiger partial charge in [-0.2, -0.15) is 0 Å². The van der Waals surface area contributed by atoms with E-state index in [1.54, 1.807) is 30.3 Å². The first-order chi connectivity index (χ1) is 18.0. The largest absolute Gasteiger partial charge is 0.352 e. The fraction of sp³-hybridized carbons (Fsp3) is 0.500. The number of hydrogen-bond acceptors (Lipinski definition) is 4. The lowest BCUT2D eigenvalue weighted by atomic mass is 9.95. The Kier molecular flexibility index (Phi) is 10.9. The lowest BCUT2D eigenvalue weighted by Gasteiger charge is -2.34. The number of nitrogens with zero attached hydrogens (tertiary/aromatic N) is 2. The van der Waals surface area contributed by atoms with E-state index in [9.17, 15) is 18.0 Å². The molecule has 1 fully saturated rings. The molecule has 10 heteroatoms. The molecule has 0 saturated heterocycles. The molecule has 0 aromatic heterocycles. The summed E-state index contributed by atoms with van der Waals surface area (Å²) in [6.07, 6.45) is 7.29. The second-order valence-electron chi connectivity index (χ2n) is 9.78. The first-order valence-corrected chi connectivity index (χ1v) is 15.7. The Morgan fingerprint density at radius 2 is 1.61 bits per heavy atom. The Balaban J connectivity index is 1.95. The molecular formula is C28H37Cl2N3O4S. The van der Waals surface area contributed by atoms with Crippen LogP contribution in [0.4, 0.5) is 5.69 Å². The number of hydrogen-bond donors (Lipinski definition) is 1. The quantitative estimate of drug-likeness (QED) is 0.375. The lowest BCUT2D eigenvalue weighted by Crippen LogP contribution is -2.54. The number of anilines is 1. The van der Waals surface area contributed by atoms with Crippen LogP contribution in [0.25, 0.3) is 0 Å². The van der Waals surface area contributed by atoms with Crippen molar-refractivity contribution in [3.63, 3.8) is 0 Å². The van der Waals surface area contributed by atoms with Gasteiger partial charge in [-0.3, -0.25) is 13.9 Å². The van der Waals surface area contributed by atoms with E-state index in [1.165, 1.54) is 4.90 Å². The third kappa shape index (κ3) is 7.87. The Hall–Kier alpha value is -2.29. The molecule has 1 aliphatic carbocycles. The average molecular weight is 583 g/mol. The summed E-state index contributed by atoms with van der Waals surface area (Å²) in [5.41, 5.74) is 1.94. The van der Waals surface area contributed by atoms with Crippen molar-refractivity contribution in [1.29, 1.82) is 0 Å². The molecule has 38 heavy (non-hydrogen) atoms. The lowest BCUT2D eigenvalue weighted by molar-refractivity contribution is -0.140. The zero-order valence-electron chi connectivity index (χ0n) is 22.3. The maximum Gasteiger partial charge on any atom is 0.244 e. The number of nitrogens with one attached hydrogen (secondary N) is 1. The van der Waals surface area contributed by atoms with Crippen LogP contribution in [0.5, 0.6) is 0 Å². The molecule has 0 heterocycles. The third-order valence-corrected chi connectivity index (χ3v) is 8.89. The maximum absolute atomic E-state index is 13.9. The van der Waals surface area contributed by atoms with Crippen LogP contribution in [-0.2, 0) is 32.6 Å². The first kappa shape index (κ1) is 30.3. The number of halogens is 2. The minimum Gasteiger partial charge on any atom is -0.352 e. The fourth-order valence-electron chi connectivity index (χ4n) is 4.83. The molecule has 0 spiro atoms. The molecule has 0 bridgehead atoms. The SMILES string of the molecule is CCc1ccc(N(CC(=O)N(Cc2c(Cl)cccc2Cl)C(CC)C(=O)NC2CCCCC2)S(C)(=O)=O)cc1. The van der Waals surface area contributed by atoms with Crippen molar-refractivity contribution in [2.75, 3.05) is 17.1 Å². The number of sulfonamides is 1. The Morgan fingerprint density at radius 3 is 2.13 bits per heavy atom. The summed E-state index contributed by atoms with van der Waals surface area (Å²) < 4.78 is 26.6. The molecule has 0 aliphatic heterocycles. The summed E-state index contributed by atoms with van der Waals surface area (Å²) in [5.74, 6) is -0.772. The van der Waals surface area contributed by atoms with Crippen LogP contribution in [-0.4, -0.2) is 50.0 Å². The normalized spacial score (nSPS) is 15.1. The topological polar surface area (TPSA) is 86.8 Å². The van der Waals surface area contributed by atoms with E-state index in [0.29, 0.717) is 27.7 Å². The van der Waals surface area contributed by atoms with Gasteiger partial charge in [-0.1, -0.05) is 74.5 Å². The summed E-state index contributed by atoms with van der Waals surface area (Å²) in [6, 6.07) is 11.4. The van der Waals surface area contributed by atoms with E-state index >= 15 is 0 Å². The monoisotopic (exact) mass is 581 g/mol. The molecule has 1 unspecified atom stereocenters. The van der Waals surface area contributed by atoms with Gasteiger partial charge in [-0.25, -0.2) is 8.42 Å². The van der Waals surface area contributed by atoms with Crippen molar-refractivity contribution < 1.29 is 18.0 Å². The molecule has 1 atom stereocenters. The molecule has 3 rings (SSSR count). The number of aryl methyl sites for hydroxylation is 1. The highest BCUT2D eigenvalue weighted by molar-refractivity contribution is 7.92. The summed E-state index contributed by atoms with van der Waals surface area (Å²) in [5, 5.41) is 3.85. The van der Waals surface area contributed by atoms with E-state index < -0.39 is 28.5 Å². The smallest absolute Gasteiger partial charge is 0.244 e. The first-order valence-electron chi connectivity index (χ1n) is 13.1. The molecule has 1 saturated carbocycles. The van der Waals surface area contributed by atoms with Gasteiger partial charge in [0.05, 0.1) is 11.9 Å². The summed E-state index contributed by atoms with van der Waals surface area (Å²) in [6.45, 7) is 3.35. The molecule has 1 aliphatic rings. The van der Waals surface area contributed by atoms with E-state index in [4.69, 9.17) is 23.2 Å². The number of carbonyl (C=O) groups excluding carboxylic acids is 2. The molecule has 2 aromatic rings. The van der Waals surface area contributed by atoms with E-state index in [1.807, 2.05) is 26.0 Å². The third-order valence-electron chi connectivity index (χ3n) is 7.04. The number of carbonyl (C=O) groups is 2. The van der Waals surface area contributed by atoms with Gasteiger partial charge >= 0.3 is 0 Å². The highest BCUT2D eigenvalue weighted by Gasteiger charge is 2.33. The van der Waals surface area contributed by atoms with Crippen molar-refractivity contribution in [3.05, 3.63) is 63.6 Å². The van der Waals surface area contributed by atoms with Crippen LogP contribution < -0.4 is 9.62 Å². The van der Waals surface area contributed by atoms with Crippen LogP contribution in [0.3, 0.4) is 0 Å². The van der Waals surface area contributed by atoms with Crippen LogP contribution in [0.1, 0.15) is 63.5 Å². The molecule has 2 amide bonds. The molecule has 0 radical (unpaired) electrons. The Morgan fingerprint density at radius 1 is 1.00 bits per heavy atom. The Bertz CT molecular complexity index is 1190. The van der Waals surface area contributed by atoms with Gasteiger partial charge in [0.1, 0.15) is 12.6 Å². The highest BCUT2D eigenvalue weighted by Crippen LogP contribution is 2.28. The van der Waals surface area contributed by atoms with E-state index in [0.717, 1.165) is 54.6 Å². The van der Waals surface area contributed by atoms with Gasteiger partial charge in [0.2, 0.25) is 21.8 Å². The van der Waals surface area contributed by atoms with E-state index in [2.05, 4.69) is 5.32 Å². The zero-order valence-corrected chi connectivity index (χ0v) is 24.6. The van der Waals surface area contributed by atoms with Gasteiger partial charge in [0.25, 0.3) is 0 Å². The second-order valence-corrected chi connectivity index (χ2v) is 12.5. The van der Waals surface area contributed by atoms with Gasteiger partial charge in [0.15, 0.2) is 0 Å². The number of benzene rings is 2. The van der Waals surface area contributed by atoms with E-state index in [-0.39, 0.29) is 18.5 Å². The molecule has 2 aromatic carbocycles. The fourth-order valence-corrected chi connectivity index (χ4v) is 6.20. The molecule has 7 nitrogen and oxygen atoms in total. The summed E-state index contributed by atoms with van der Waals surface area (Å²) >= 11 is 12.9. The maximum atomic E-state index is 13.9. The van der Waals surface area contributed by atoms with Crippen molar-refractivity contribution in [3.8, 4) is 0 Å². The molecule has 208 valence electrons. The minimum absolute atomic E-state index is 0.0275. The minimum atomic E-state index is -3.80. The zero-order chi connectivity index (χ0) is 27.9. The number of amides is 2. The average Bonchev–Trinajstić information content (AvgIpc) is 2.88. The predicted octanol–water partition coefficient (Wildman–Crippen LogP) is 5.58. The molecular weight excluding hydrogens is 545 g/mol. The summed E-state index contributed by atoms with van der Waals surface area (Å²) in [7, 11) is -3.80. The summed E-state index contributed by atoms with van der Waals surface area (Å²) in [4.78, 5) is 28.7. The Labute approximate surface area is 236 Å². The van der Waals surface area contributed by atoms with Crippen molar-refractivity contribution in [1.82, 2.24) is 10.2 Å². The second kappa shape index (κ2) is 13.7.